The second kappa shape index (κ2) is 7.32. The Bertz CT molecular complexity index is 524. The molecule has 2 N–H and O–H groups in total. The molecule has 0 aromatic heterocycles. The molecule has 2 aliphatic rings. The highest BCUT2D eigenvalue weighted by atomic mass is 16.5. The largest absolute Gasteiger partial charge is 0.379 e. The number of hydrogen-bond donors (Lipinski definition) is 2. The number of rotatable bonds is 4. The third-order valence-electron chi connectivity index (χ3n) is 4.93. The topological polar surface area (TPSA) is 53.6 Å². The summed E-state index contributed by atoms with van der Waals surface area (Å²) in [6, 6.07) is 9.31. The molecule has 0 spiro atoms. The summed E-state index contributed by atoms with van der Waals surface area (Å²) in [6.45, 7) is 7.48. The molecule has 1 fully saturated rings. The summed E-state index contributed by atoms with van der Waals surface area (Å²) in [5.41, 5.74) is 2.71. The lowest BCUT2D eigenvalue weighted by Gasteiger charge is -2.37. The van der Waals surface area contributed by atoms with E-state index in [1.54, 1.807) is 0 Å². The summed E-state index contributed by atoms with van der Waals surface area (Å²) in [4.78, 5) is 14.6. The van der Waals surface area contributed by atoms with Crippen LogP contribution in [0.25, 0.3) is 0 Å². The minimum absolute atomic E-state index is 0.0597. The van der Waals surface area contributed by atoms with Gasteiger partial charge in [0.2, 0.25) is 0 Å². The number of nitrogens with one attached hydrogen (secondary N) is 2. The van der Waals surface area contributed by atoms with Crippen molar-refractivity contribution in [3.63, 3.8) is 0 Å². The summed E-state index contributed by atoms with van der Waals surface area (Å²) in [6.07, 6.45) is 1.86. The Hall–Kier alpha value is -1.59. The van der Waals surface area contributed by atoms with Crippen LogP contribution in [-0.2, 0) is 17.6 Å². The fourth-order valence-corrected chi connectivity index (χ4v) is 3.65. The van der Waals surface area contributed by atoms with E-state index < -0.39 is 0 Å². The Labute approximate surface area is 138 Å². The summed E-state index contributed by atoms with van der Waals surface area (Å²) >= 11 is 0. The van der Waals surface area contributed by atoms with Crippen molar-refractivity contribution in [2.75, 3.05) is 26.3 Å². The van der Waals surface area contributed by atoms with Gasteiger partial charge in [0.1, 0.15) is 0 Å². The smallest absolute Gasteiger partial charge is 0.315 e. The van der Waals surface area contributed by atoms with Crippen molar-refractivity contribution in [1.82, 2.24) is 15.5 Å². The maximum absolute atomic E-state index is 12.2. The minimum Gasteiger partial charge on any atom is -0.379 e. The van der Waals surface area contributed by atoms with Crippen LogP contribution in [0.15, 0.2) is 24.3 Å². The van der Waals surface area contributed by atoms with Gasteiger partial charge < -0.3 is 15.4 Å². The predicted octanol–water partition coefficient (Wildman–Crippen LogP) is 1.56. The second-order valence-corrected chi connectivity index (χ2v) is 6.74. The second-order valence-electron chi connectivity index (χ2n) is 6.74. The summed E-state index contributed by atoms with van der Waals surface area (Å²) < 4.78 is 5.47. The van der Waals surface area contributed by atoms with E-state index in [-0.39, 0.29) is 12.1 Å². The van der Waals surface area contributed by atoms with Gasteiger partial charge in [0.15, 0.2) is 0 Å². The number of fused-ring (bicyclic) bond motifs is 1. The van der Waals surface area contributed by atoms with Gasteiger partial charge in [-0.15, -0.1) is 0 Å². The van der Waals surface area contributed by atoms with Crippen molar-refractivity contribution in [3.05, 3.63) is 35.4 Å². The molecule has 1 aromatic carbocycles. The standard InChI is InChI=1S/C18H27N3O2/c1-13(21-7-8-23-12-14(21)2)11-19-18(22)20-17-9-15-5-3-4-6-16(15)10-17/h3-6,13-14,17H,7-12H2,1-2H3,(H2,19,20,22)/t13-,14-/m1/s1. The molecule has 0 radical (unpaired) electrons. The van der Waals surface area contributed by atoms with Crippen LogP contribution in [0.3, 0.4) is 0 Å². The first kappa shape index (κ1) is 16.3. The van der Waals surface area contributed by atoms with Crippen molar-refractivity contribution >= 4 is 6.03 Å². The molecule has 1 heterocycles. The van der Waals surface area contributed by atoms with E-state index in [2.05, 4.69) is 53.6 Å². The number of amides is 2. The molecule has 5 heteroatoms. The van der Waals surface area contributed by atoms with E-state index in [9.17, 15) is 4.79 Å². The maximum atomic E-state index is 12.2. The zero-order valence-electron chi connectivity index (χ0n) is 14.0. The van der Waals surface area contributed by atoms with Gasteiger partial charge in [-0.05, 0) is 37.8 Å². The molecule has 1 aliphatic carbocycles. The van der Waals surface area contributed by atoms with Gasteiger partial charge in [-0.25, -0.2) is 4.79 Å². The monoisotopic (exact) mass is 317 g/mol. The normalized spacial score (nSPS) is 23.3. The number of nitrogens with zero attached hydrogens (tertiary/aromatic N) is 1. The van der Waals surface area contributed by atoms with E-state index in [1.807, 2.05) is 0 Å². The third-order valence-corrected chi connectivity index (χ3v) is 4.93. The number of carbonyl (C=O) groups excluding carboxylic acids is 1. The van der Waals surface area contributed by atoms with Crippen molar-refractivity contribution < 1.29 is 9.53 Å². The zero-order valence-corrected chi connectivity index (χ0v) is 14.0. The van der Waals surface area contributed by atoms with E-state index in [0.29, 0.717) is 18.6 Å². The Morgan fingerprint density at radius 2 is 2.04 bits per heavy atom. The van der Waals surface area contributed by atoms with Crippen molar-refractivity contribution in [3.8, 4) is 0 Å². The first-order chi connectivity index (χ1) is 11.1. The molecule has 3 rings (SSSR count). The molecule has 0 bridgehead atoms. The average Bonchev–Trinajstić information content (AvgIpc) is 2.95. The molecule has 2 atom stereocenters. The number of hydrogen-bond acceptors (Lipinski definition) is 3. The molecule has 0 saturated carbocycles. The number of ether oxygens (including phenoxy) is 1. The maximum Gasteiger partial charge on any atom is 0.315 e. The first-order valence-corrected chi connectivity index (χ1v) is 8.58. The molecule has 2 amide bonds. The van der Waals surface area contributed by atoms with Crippen LogP contribution in [-0.4, -0.2) is 55.4 Å². The molecular formula is C18H27N3O2. The Morgan fingerprint density at radius 3 is 2.70 bits per heavy atom. The van der Waals surface area contributed by atoms with E-state index in [4.69, 9.17) is 4.74 Å². The Kier molecular flexibility index (Phi) is 5.18. The molecule has 1 aromatic rings. The lowest BCUT2D eigenvalue weighted by molar-refractivity contribution is -0.0176. The van der Waals surface area contributed by atoms with Crippen LogP contribution in [0.4, 0.5) is 4.79 Å². The summed E-state index contributed by atoms with van der Waals surface area (Å²) in [7, 11) is 0. The van der Waals surface area contributed by atoms with Crippen LogP contribution in [0, 0.1) is 0 Å². The van der Waals surface area contributed by atoms with Crippen molar-refractivity contribution in [2.45, 2.75) is 44.8 Å². The Morgan fingerprint density at radius 1 is 1.35 bits per heavy atom. The number of benzene rings is 1. The quantitative estimate of drug-likeness (QED) is 0.886. The third kappa shape index (κ3) is 4.03. The van der Waals surface area contributed by atoms with Gasteiger partial charge in [0, 0.05) is 31.2 Å². The molecular weight excluding hydrogens is 290 g/mol. The minimum atomic E-state index is -0.0597. The molecule has 0 unspecified atom stereocenters. The molecule has 126 valence electrons. The highest BCUT2D eigenvalue weighted by Crippen LogP contribution is 2.21. The lowest BCUT2D eigenvalue weighted by atomic mass is 10.1. The van der Waals surface area contributed by atoms with Crippen LogP contribution in [0.5, 0.6) is 0 Å². The van der Waals surface area contributed by atoms with Gasteiger partial charge in [-0.2, -0.15) is 0 Å². The molecule has 1 aliphatic heterocycles. The lowest BCUT2D eigenvalue weighted by Crippen LogP contribution is -2.53. The molecule has 5 nitrogen and oxygen atoms in total. The van der Waals surface area contributed by atoms with Crippen molar-refractivity contribution in [1.29, 1.82) is 0 Å². The van der Waals surface area contributed by atoms with Gasteiger partial charge in [0.25, 0.3) is 0 Å². The van der Waals surface area contributed by atoms with Gasteiger partial charge >= 0.3 is 6.03 Å². The van der Waals surface area contributed by atoms with Crippen LogP contribution < -0.4 is 10.6 Å². The van der Waals surface area contributed by atoms with Gasteiger partial charge in [-0.1, -0.05) is 24.3 Å². The predicted molar refractivity (Wildman–Crippen MR) is 90.6 cm³/mol. The number of morpholine rings is 1. The van der Waals surface area contributed by atoms with Crippen LogP contribution in [0.1, 0.15) is 25.0 Å². The number of carbonyl (C=O) groups is 1. The van der Waals surface area contributed by atoms with Gasteiger partial charge in [-0.3, -0.25) is 4.90 Å². The fourth-order valence-electron chi connectivity index (χ4n) is 3.65. The number of urea groups is 1. The fraction of sp³-hybridized carbons (Fsp3) is 0.611. The van der Waals surface area contributed by atoms with E-state index in [1.165, 1.54) is 11.1 Å². The van der Waals surface area contributed by atoms with Crippen molar-refractivity contribution in [2.24, 2.45) is 0 Å². The van der Waals surface area contributed by atoms with E-state index in [0.717, 1.165) is 32.6 Å². The summed E-state index contributed by atoms with van der Waals surface area (Å²) in [5, 5.41) is 6.12. The van der Waals surface area contributed by atoms with Crippen LogP contribution >= 0.6 is 0 Å². The Balaban J connectivity index is 1.42. The van der Waals surface area contributed by atoms with E-state index >= 15 is 0 Å². The van der Waals surface area contributed by atoms with Gasteiger partial charge in [0.05, 0.1) is 13.2 Å². The molecule has 1 saturated heterocycles. The average molecular weight is 317 g/mol. The zero-order chi connectivity index (χ0) is 16.2. The first-order valence-electron chi connectivity index (χ1n) is 8.58. The SMILES string of the molecule is C[C@H](CNC(=O)NC1Cc2ccccc2C1)N1CCOC[C@H]1C. The highest BCUT2D eigenvalue weighted by Gasteiger charge is 2.25. The highest BCUT2D eigenvalue weighted by molar-refractivity contribution is 5.74. The summed E-state index contributed by atoms with van der Waals surface area (Å²) in [5.74, 6) is 0. The van der Waals surface area contributed by atoms with Crippen LogP contribution in [0.2, 0.25) is 0 Å². The molecule has 23 heavy (non-hydrogen) atoms.